The summed E-state index contributed by atoms with van der Waals surface area (Å²) < 4.78 is 0. The smallest absolute Gasteiger partial charge is 0.0724 e. The van der Waals surface area contributed by atoms with Gasteiger partial charge in [-0.05, 0) is 10.4 Å². The Morgan fingerprint density at radius 3 is 1.67 bits per heavy atom. The van der Waals surface area contributed by atoms with Crippen molar-refractivity contribution in [2.24, 2.45) is 0 Å². The third-order valence-corrected chi connectivity index (χ3v) is 2.90. The summed E-state index contributed by atoms with van der Waals surface area (Å²) in [7, 11) is 0. The van der Waals surface area contributed by atoms with E-state index in [1.54, 1.807) is 0 Å². The fourth-order valence-electron chi connectivity index (χ4n) is 1.34. The molecule has 0 saturated heterocycles. The highest BCUT2D eigenvalue weighted by atomic mass is 35.5. The van der Waals surface area contributed by atoms with E-state index in [4.69, 9.17) is 23.2 Å². The Hall–Kier alpha value is -0.460. The third-order valence-electron chi connectivity index (χ3n) is 1.98. The van der Waals surface area contributed by atoms with Crippen molar-refractivity contribution in [3.8, 4) is 0 Å². The van der Waals surface area contributed by atoms with Crippen LogP contribution in [0.1, 0.15) is 0 Å². The summed E-state index contributed by atoms with van der Waals surface area (Å²) in [5.74, 6) is 0. The van der Waals surface area contributed by atoms with Crippen molar-refractivity contribution in [3.05, 3.63) is 34.7 Å². The molecule has 2 heteroatoms. The molecule has 2 atom stereocenters. The highest BCUT2D eigenvalue weighted by molar-refractivity contribution is 6.34. The van der Waals surface area contributed by atoms with Crippen LogP contribution in [0.3, 0.4) is 0 Å². The first-order chi connectivity index (χ1) is 5.77. The van der Waals surface area contributed by atoms with E-state index < -0.39 is 0 Å². The molecular weight excluding hydrogens is 191 g/mol. The lowest BCUT2D eigenvalue weighted by atomic mass is 10.1. The van der Waals surface area contributed by atoms with E-state index >= 15 is 0 Å². The predicted octanol–water partition coefficient (Wildman–Crippen LogP) is 1.48. The van der Waals surface area contributed by atoms with E-state index in [-0.39, 0.29) is 10.8 Å². The Kier molecular flexibility index (Phi) is 2.12. The quantitative estimate of drug-likeness (QED) is 0.555. The number of fused-ring (bicyclic) bond motifs is 1. The maximum Gasteiger partial charge on any atom is 0.0724 e. The van der Waals surface area contributed by atoms with Crippen molar-refractivity contribution in [2.75, 3.05) is 0 Å². The summed E-state index contributed by atoms with van der Waals surface area (Å²) in [6, 6.07) is 8.09. The molecule has 2 rings (SSSR count). The molecule has 0 N–H and O–H groups in total. The van der Waals surface area contributed by atoms with Crippen LogP contribution < -0.4 is 10.4 Å². The van der Waals surface area contributed by atoms with Gasteiger partial charge in [-0.1, -0.05) is 36.4 Å². The summed E-state index contributed by atoms with van der Waals surface area (Å²) in [5.41, 5.74) is 0. The van der Waals surface area contributed by atoms with Crippen molar-refractivity contribution in [2.45, 2.75) is 10.8 Å². The minimum atomic E-state index is -0.0819. The first-order valence-electron chi connectivity index (χ1n) is 3.84. The first kappa shape index (κ1) is 8.15. The van der Waals surface area contributed by atoms with E-state index in [1.807, 2.05) is 36.4 Å². The summed E-state index contributed by atoms with van der Waals surface area (Å²) in [6.07, 6.45) is 3.99. The van der Waals surface area contributed by atoms with Gasteiger partial charge in [0.1, 0.15) is 0 Å². The molecule has 0 spiro atoms. The molecular formula is C10H8Cl2. The highest BCUT2D eigenvalue weighted by Gasteiger charge is 2.13. The molecule has 1 aromatic carbocycles. The lowest BCUT2D eigenvalue weighted by Gasteiger charge is -2.11. The maximum atomic E-state index is 5.98. The molecule has 1 aromatic rings. The molecule has 0 radical (unpaired) electrons. The zero-order valence-corrected chi connectivity index (χ0v) is 7.89. The van der Waals surface area contributed by atoms with Crippen LogP contribution in [0.2, 0.25) is 0 Å². The largest absolute Gasteiger partial charge is 0.116 e. The second kappa shape index (κ2) is 3.12. The zero-order chi connectivity index (χ0) is 8.55. The van der Waals surface area contributed by atoms with Gasteiger partial charge in [0, 0.05) is 0 Å². The lowest BCUT2D eigenvalue weighted by Crippen LogP contribution is -2.33. The van der Waals surface area contributed by atoms with Crippen LogP contribution in [-0.2, 0) is 0 Å². The highest BCUT2D eigenvalue weighted by Crippen LogP contribution is 2.13. The summed E-state index contributed by atoms with van der Waals surface area (Å²) in [5, 5.41) is 2.19. The molecule has 0 saturated carbocycles. The Morgan fingerprint density at radius 1 is 0.833 bits per heavy atom. The number of hydrogen-bond donors (Lipinski definition) is 0. The van der Waals surface area contributed by atoms with Gasteiger partial charge in [0.05, 0.1) is 10.8 Å². The molecule has 62 valence electrons. The van der Waals surface area contributed by atoms with Crippen LogP contribution in [0.15, 0.2) is 24.3 Å². The molecule has 0 fully saturated rings. The molecule has 12 heavy (non-hydrogen) atoms. The van der Waals surface area contributed by atoms with Gasteiger partial charge in [-0.15, -0.1) is 23.2 Å². The molecule has 0 nitrogen and oxygen atoms in total. The molecule has 0 bridgehead atoms. The van der Waals surface area contributed by atoms with Crippen LogP contribution in [0, 0.1) is 0 Å². The number of halogens is 2. The maximum absolute atomic E-state index is 5.98. The van der Waals surface area contributed by atoms with Gasteiger partial charge in [-0.25, -0.2) is 0 Å². The number of benzene rings is 1. The standard InChI is InChI=1S/C10H8Cl2/c11-9-5-7-3-1-2-4-8(7)6-10(9)12/h1-6,9-10H. The van der Waals surface area contributed by atoms with Crippen LogP contribution >= 0.6 is 23.2 Å². The van der Waals surface area contributed by atoms with Gasteiger partial charge >= 0.3 is 0 Å². The fraction of sp³-hybridized carbons (Fsp3) is 0.200. The molecule has 0 heterocycles. The van der Waals surface area contributed by atoms with Gasteiger partial charge in [-0.2, -0.15) is 0 Å². The molecule has 0 amide bonds. The normalized spacial score (nSPS) is 26.8. The van der Waals surface area contributed by atoms with Crippen LogP contribution in [0.5, 0.6) is 0 Å². The fourth-order valence-corrected chi connectivity index (χ4v) is 1.76. The minimum absolute atomic E-state index is 0.0819. The van der Waals surface area contributed by atoms with Gasteiger partial charge in [0.15, 0.2) is 0 Å². The second-order valence-electron chi connectivity index (χ2n) is 2.85. The predicted molar refractivity (Wildman–Crippen MR) is 53.9 cm³/mol. The van der Waals surface area contributed by atoms with Gasteiger partial charge in [0.25, 0.3) is 0 Å². The Balaban J connectivity index is 2.70. The van der Waals surface area contributed by atoms with Crippen molar-refractivity contribution < 1.29 is 0 Å². The molecule has 0 aliphatic heterocycles. The zero-order valence-electron chi connectivity index (χ0n) is 6.37. The monoisotopic (exact) mass is 198 g/mol. The Labute approximate surface area is 81.1 Å². The average molecular weight is 199 g/mol. The lowest BCUT2D eigenvalue weighted by molar-refractivity contribution is 1.13. The minimum Gasteiger partial charge on any atom is -0.116 e. The van der Waals surface area contributed by atoms with Gasteiger partial charge in [0.2, 0.25) is 0 Å². The summed E-state index contributed by atoms with van der Waals surface area (Å²) in [6.45, 7) is 0. The number of alkyl halides is 2. The van der Waals surface area contributed by atoms with Gasteiger partial charge < -0.3 is 0 Å². The van der Waals surface area contributed by atoms with Crippen LogP contribution in [0.4, 0.5) is 0 Å². The molecule has 0 aromatic heterocycles. The SMILES string of the molecule is ClC1C=c2ccccc2=CC1Cl. The molecule has 1 aliphatic rings. The molecule has 2 unspecified atom stereocenters. The number of hydrogen-bond acceptors (Lipinski definition) is 0. The first-order valence-corrected chi connectivity index (χ1v) is 4.71. The average Bonchev–Trinajstić information content (AvgIpc) is 2.07. The van der Waals surface area contributed by atoms with Gasteiger partial charge in [-0.3, -0.25) is 0 Å². The van der Waals surface area contributed by atoms with E-state index in [2.05, 4.69) is 0 Å². The van der Waals surface area contributed by atoms with Crippen molar-refractivity contribution >= 4 is 35.4 Å². The van der Waals surface area contributed by atoms with Crippen LogP contribution in [0.25, 0.3) is 12.2 Å². The third kappa shape index (κ3) is 1.37. The second-order valence-corrected chi connectivity index (χ2v) is 3.86. The number of rotatable bonds is 0. The van der Waals surface area contributed by atoms with E-state index in [9.17, 15) is 0 Å². The van der Waals surface area contributed by atoms with E-state index in [1.165, 1.54) is 10.4 Å². The summed E-state index contributed by atoms with van der Waals surface area (Å²) in [4.78, 5) is 0. The van der Waals surface area contributed by atoms with E-state index in [0.29, 0.717) is 0 Å². The Bertz CT molecular complexity index is 356. The summed E-state index contributed by atoms with van der Waals surface area (Å²) >= 11 is 12.0. The Morgan fingerprint density at radius 2 is 1.25 bits per heavy atom. The van der Waals surface area contributed by atoms with Crippen molar-refractivity contribution in [1.29, 1.82) is 0 Å². The van der Waals surface area contributed by atoms with Crippen molar-refractivity contribution in [3.63, 3.8) is 0 Å². The van der Waals surface area contributed by atoms with Crippen LogP contribution in [-0.4, -0.2) is 10.8 Å². The van der Waals surface area contributed by atoms with E-state index in [0.717, 1.165) is 0 Å². The molecule has 1 aliphatic carbocycles. The van der Waals surface area contributed by atoms with Crippen molar-refractivity contribution in [1.82, 2.24) is 0 Å². The topological polar surface area (TPSA) is 0 Å².